The lowest BCUT2D eigenvalue weighted by molar-refractivity contribution is 0.544. The molecule has 0 amide bonds. The van der Waals surface area contributed by atoms with Crippen LogP contribution in [0.5, 0.6) is 0 Å². The number of rotatable bonds is 1. The van der Waals surface area contributed by atoms with Gasteiger partial charge in [0.1, 0.15) is 0 Å². The minimum Gasteiger partial charge on any atom is -0.412 e. The molecule has 0 saturated carbocycles. The van der Waals surface area contributed by atoms with Gasteiger partial charge >= 0.3 is 0 Å². The standard InChI is InChI=1S/C11H7N3OS/c12-5-10(13)15-11(14)8-6-16-9-4-2-1-3-7(8)9/h1-4,6,13-14H. The molecular formula is C11H7N3OS. The lowest BCUT2D eigenvalue weighted by Crippen LogP contribution is -2.09. The van der Waals surface area contributed by atoms with Gasteiger partial charge in [-0.3, -0.25) is 10.8 Å². The quantitative estimate of drug-likeness (QED) is 0.582. The number of nitrogens with one attached hydrogen (secondary N) is 2. The molecule has 5 heteroatoms. The summed E-state index contributed by atoms with van der Waals surface area (Å²) in [4.78, 5) is 0. The monoisotopic (exact) mass is 229 g/mol. The highest BCUT2D eigenvalue weighted by molar-refractivity contribution is 7.17. The van der Waals surface area contributed by atoms with Gasteiger partial charge in [-0.15, -0.1) is 11.3 Å². The van der Waals surface area contributed by atoms with E-state index in [0.717, 1.165) is 10.1 Å². The van der Waals surface area contributed by atoms with Crippen molar-refractivity contribution in [2.45, 2.75) is 0 Å². The second-order valence-corrected chi connectivity index (χ2v) is 3.93. The molecule has 0 saturated heterocycles. The summed E-state index contributed by atoms with van der Waals surface area (Å²) in [7, 11) is 0. The van der Waals surface area contributed by atoms with E-state index in [1.54, 1.807) is 5.38 Å². The summed E-state index contributed by atoms with van der Waals surface area (Å²) in [5, 5.41) is 25.8. The Kier molecular flexibility index (Phi) is 2.66. The molecule has 1 aromatic heterocycles. The molecule has 0 aliphatic heterocycles. The Balaban J connectivity index is 2.38. The van der Waals surface area contributed by atoms with Crippen LogP contribution in [0, 0.1) is 22.1 Å². The van der Waals surface area contributed by atoms with Crippen LogP contribution in [-0.2, 0) is 4.74 Å². The average Bonchev–Trinajstić information content (AvgIpc) is 2.72. The van der Waals surface area contributed by atoms with Crippen LogP contribution in [-0.4, -0.2) is 11.8 Å². The van der Waals surface area contributed by atoms with Crippen LogP contribution in [0.2, 0.25) is 0 Å². The fourth-order valence-electron chi connectivity index (χ4n) is 1.33. The highest BCUT2D eigenvalue weighted by atomic mass is 32.1. The third-order valence-corrected chi connectivity index (χ3v) is 2.99. The Hall–Kier alpha value is -2.19. The van der Waals surface area contributed by atoms with Gasteiger partial charge in [0.25, 0.3) is 5.90 Å². The summed E-state index contributed by atoms with van der Waals surface area (Å²) in [6.45, 7) is 0. The summed E-state index contributed by atoms with van der Waals surface area (Å²) in [5.41, 5.74) is 0.612. The molecule has 0 bridgehead atoms. The first-order chi connectivity index (χ1) is 7.72. The maximum Gasteiger partial charge on any atom is 0.294 e. The molecule has 78 valence electrons. The Bertz CT molecular complexity index is 609. The van der Waals surface area contributed by atoms with E-state index in [1.807, 2.05) is 24.3 Å². The Morgan fingerprint density at radius 3 is 2.81 bits per heavy atom. The topological polar surface area (TPSA) is 80.7 Å². The van der Waals surface area contributed by atoms with Crippen LogP contribution >= 0.6 is 11.3 Å². The molecule has 0 fully saturated rings. The van der Waals surface area contributed by atoms with E-state index in [-0.39, 0.29) is 5.90 Å². The third kappa shape index (κ3) is 1.78. The van der Waals surface area contributed by atoms with Gasteiger partial charge in [-0.05, 0) is 6.07 Å². The number of benzene rings is 1. The Morgan fingerprint density at radius 2 is 2.06 bits per heavy atom. The molecule has 1 aromatic carbocycles. The first-order valence-corrected chi connectivity index (χ1v) is 5.32. The minimum atomic E-state index is -0.569. The van der Waals surface area contributed by atoms with E-state index in [1.165, 1.54) is 17.4 Å². The summed E-state index contributed by atoms with van der Waals surface area (Å²) >= 11 is 1.50. The largest absolute Gasteiger partial charge is 0.412 e. The van der Waals surface area contributed by atoms with E-state index < -0.39 is 5.90 Å². The Morgan fingerprint density at radius 1 is 1.31 bits per heavy atom. The van der Waals surface area contributed by atoms with Crippen molar-refractivity contribution in [3.63, 3.8) is 0 Å². The van der Waals surface area contributed by atoms with E-state index >= 15 is 0 Å². The number of nitriles is 1. The van der Waals surface area contributed by atoms with Crippen molar-refractivity contribution in [3.8, 4) is 6.07 Å². The molecule has 2 N–H and O–H groups in total. The van der Waals surface area contributed by atoms with Gasteiger partial charge in [0.2, 0.25) is 5.90 Å². The van der Waals surface area contributed by atoms with Crippen molar-refractivity contribution < 1.29 is 4.74 Å². The fraction of sp³-hybridized carbons (Fsp3) is 0. The maximum absolute atomic E-state index is 8.40. The first kappa shape index (κ1) is 10.3. The highest BCUT2D eigenvalue weighted by Crippen LogP contribution is 2.26. The van der Waals surface area contributed by atoms with Gasteiger partial charge in [0, 0.05) is 15.5 Å². The summed E-state index contributed by atoms with van der Waals surface area (Å²) < 4.78 is 5.81. The number of ether oxygens (including phenoxy) is 1. The van der Waals surface area contributed by atoms with E-state index in [2.05, 4.69) is 0 Å². The molecule has 0 aliphatic carbocycles. The van der Waals surface area contributed by atoms with Gasteiger partial charge in [0.15, 0.2) is 6.07 Å². The molecule has 1 heterocycles. The SMILES string of the molecule is N#CC(=N)OC(=N)c1csc2ccccc12. The molecular weight excluding hydrogens is 222 g/mol. The van der Waals surface area contributed by atoms with Crippen molar-refractivity contribution in [3.05, 3.63) is 35.2 Å². The maximum atomic E-state index is 8.40. The second-order valence-electron chi connectivity index (χ2n) is 3.02. The number of nitrogens with zero attached hydrogens (tertiary/aromatic N) is 1. The van der Waals surface area contributed by atoms with Crippen molar-refractivity contribution in [2.24, 2.45) is 0 Å². The zero-order valence-electron chi connectivity index (χ0n) is 8.15. The predicted octanol–water partition coefficient (Wildman–Crippen LogP) is 2.74. The number of hydrogen-bond donors (Lipinski definition) is 2. The van der Waals surface area contributed by atoms with E-state index in [0.29, 0.717) is 5.56 Å². The lowest BCUT2D eigenvalue weighted by atomic mass is 10.2. The van der Waals surface area contributed by atoms with Crippen LogP contribution in [0.15, 0.2) is 29.6 Å². The van der Waals surface area contributed by atoms with Crippen LogP contribution < -0.4 is 0 Å². The molecule has 2 rings (SSSR count). The zero-order valence-corrected chi connectivity index (χ0v) is 8.97. The zero-order chi connectivity index (χ0) is 11.5. The van der Waals surface area contributed by atoms with Gasteiger partial charge in [-0.2, -0.15) is 5.26 Å². The molecule has 0 spiro atoms. The fourth-order valence-corrected chi connectivity index (χ4v) is 2.27. The van der Waals surface area contributed by atoms with Crippen LogP contribution in [0.1, 0.15) is 5.56 Å². The van der Waals surface area contributed by atoms with Crippen molar-refractivity contribution in [2.75, 3.05) is 0 Å². The molecule has 2 aromatic rings. The van der Waals surface area contributed by atoms with Crippen molar-refractivity contribution >= 4 is 33.2 Å². The van der Waals surface area contributed by atoms with Crippen molar-refractivity contribution in [1.29, 1.82) is 16.1 Å². The molecule has 4 nitrogen and oxygen atoms in total. The summed E-state index contributed by atoms with van der Waals surface area (Å²) in [6, 6.07) is 9.16. The lowest BCUT2D eigenvalue weighted by Gasteiger charge is -2.01. The summed E-state index contributed by atoms with van der Waals surface area (Å²) in [5.74, 6) is -0.732. The molecule has 0 unspecified atom stereocenters. The molecule has 0 aliphatic rings. The first-order valence-electron chi connectivity index (χ1n) is 4.44. The van der Waals surface area contributed by atoms with Crippen LogP contribution in [0.25, 0.3) is 10.1 Å². The predicted molar refractivity (Wildman–Crippen MR) is 63.1 cm³/mol. The summed E-state index contributed by atoms with van der Waals surface area (Å²) in [6.07, 6.45) is 0. The van der Waals surface area contributed by atoms with Gasteiger partial charge in [-0.1, -0.05) is 18.2 Å². The third-order valence-electron chi connectivity index (χ3n) is 2.03. The molecule has 16 heavy (non-hydrogen) atoms. The highest BCUT2D eigenvalue weighted by Gasteiger charge is 2.11. The minimum absolute atomic E-state index is 0.163. The van der Waals surface area contributed by atoms with E-state index in [9.17, 15) is 0 Å². The smallest absolute Gasteiger partial charge is 0.294 e. The normalized spacial score (nSPS) is 9.69. The average molecular weight is 229 g/mol. The molecule has 0 radical (unpaired) electrons. The van der Waals surface area contributed by atoms with Gasteiger partial charge in [-0.25, -0.2) is 0 Å². The molecule has 0 atom stereocenters. The number of fused-ring (bicyclic) bond motifs is 1. The second kappa shape index (κ2) is 4.13. The van der Waals surface area contributed by atoms with Gasteiger partial charge in [0.05, 0.1) is 5.56 Å². The van der Waals surface area contributed by atoms with Gasteiger partial charge < -0.3 is 4.74 Å². The number of thiophene rings is 1. The van der Waals surface area contributed by atoms with Crippen LogP contribution in [0.3, 0.4) is 0 Å². The number of hydrogen-bond acceptors (Lipinski definition) is 5. The van der Waals surface area contributed by atoms with Crippen molar-refractivity contribution in [1.82, 2.24) is 0 Å². The van der Waals surface area contributed by atoms with E-state index in [4.69, 9.17) is 20.8 Å². The Labute approximate surface area is 95.7 Å². The van der Waals surface area contributed by atoms with Crippen LogP contribution in [0.4, 0.5) is 0 Å².